The molecule has 3 rings (SSSR count). The summed E-state index contributed by atoms with van der Waals surface area (Å²) in [6.07, 6.45) is 4.46. The molecule has 0 saturated carbocycles. The van der Waals surface area contributed by atoms with Gasteiger partial charge in [0.25, 0.3) is 0 Å². The van der Waals surface area contributed by atoms with Crippen molar-refractivity contribution < 1.29 is 14.3 Å². The number of nitrogens with zero attached hydrogens (tertiary/aromatic N) is 1. The van der Waals surface area contributed by atoms with Crippen LogP contribution >= 0.6 is 0 Å². The van der Waals surface area contributed by atoms with Crippen molar-refractivity contribution in [3.63, 3.8) is 0 Å². The molecular weight excluding hydrogens is 218 g/mol. The highest BCUT2D eigenvalue weighted by Gasteiger charge is 2.17. The fraction of sp³-hybridized carbons (Fsp3) is 0.154. The lowest BCUT2D eigenvalue weighted by Crippen LogP contribution is -1.93. The first-order chi connectivity index (χ1) is 8.33. The molecule has 0 N–H and O–H groups in total. The van der Waals surface area contributed by atoms with Crippen molar-refractivity contribution in [3.8, 4) is 11.5 Å². The lowest BCUT2D eigenvalue weighted by Gasteiger charge is -2.02. The Bertz CT molecular complexity index is 613. The maximum Gasteiger partial charge on any atom is 0.231 e. The van der Waals surface area contributed by atoms with Crippen molar-refractivity contribution in [1.82, 2.24) is 4.57 Å². The van der Waals surface area contributed by atoms with Crippen LogP contribution in [0.1, 0.15) is 10.4 Å². The van der Waals surface area contributed by atoms with Crippen LogP contribution in [0.2, 0.25) is 0 Å². The SMILES string of the molecule is C=CCn1cc(C=O)c2cc3c(cc21)OCO3. The van der Waals surface area contributed by atoms with E-state index in [1.54, 1.807) is 6.08 Å². The van der Waals surface area contributed by atoms with Gasteiger partial charge in [-0.2, -0.15) is 0 Å². The van der Waals surface area contributed by atoms with E-state index in [4.69, 9.17) is 9.47 Å². The van der Waals surface area contributed by atoms with Gasteiger partial charge < -0.3 is 14.0 Å². The Hall–Kier alpha value is -2.23. The van der Waals surface area contributed by atoms with Crippen LogP contribution in [0.15, 0.2) is 31.0 Å². The Kier molecular flexibility index (Phi) is 2.14. The number of benzene rings is 1. The number of ether oxygens (including phenoxy) is 2. The molecule has 2 aromatic rings. The minimum atomic E-state index is 0.236. The molecule has 1 aliphatic heterocycles. The van der Waals surface area contributed by atoms with Gasteiger partial charge >= 0.3 is 0 Å². The molecule has 0 atom stereocenters. The van der Waals surface area contributed by atoms with E-state index in [1.165, 1.54) is 0 Å². The maximum absolute atomic E-state index is 11.0. The van der Waals surface area contributed by atoms with Crippen LogP contribution in [0.3, 0.4) is 0 Å². The molecule has 0 fully saturated rings. The van der Waals surface area contributed by atoms with Crippen molar-refractivity contribution in [2.24, 2.45) is 0 Å². The summed E-state index contributed by atoms with van der Waals surface area (Å²) in [5.41, 5.74) is 1.61. The first kappa shape index (κ1) is 9.96. The van der Waals surface area contributed by atoms with Crippen molar-refractivity contribution >= 4 is 17.2 Å². The van der Waals surface area contributed by atoms with Gasteiger partial charge in [0.15, 0.2) is 17.8 Å². The summed E-state index contributed by atoms with van der Waals surface area (Å²) in [5.74, 6) is 1.41. The number of aromatic nitrogens is 1. The highest BCUT2D eigenvalue weighted by Crippen LogP contribution is 2.37. The zero-order valence-corrected chi connectivity index (χ0v) is 9.18. The molecular formula is C13H11NO3. The van der Waals surface area contributed by atoms with Gasteiger partial charge in [-0.05, 0) is 6.07 Å². The van der Waals surface area contributed by atoms with E-state index in [1.807, 2.05) is 22.9 Å². The van der Waals surface area contributed by atoms with E-state index in [0.717, 1.165) is 22.9 Å². The van der Waals surface area contributed by atoms with Crippen LogP contribution in [-0.4, -0.2) is 17.6 Å². The molecule has 17 heavy (non-hydrogen) atoms. The van der Waals surface area contributed by atoms with Gasteiger partial charge in [-0.3, -0.25) is 4.79 Å². The molecule has 2 heterocycles. The standard InChI is InChI=1S/C13H11NO3/c1-2-3-14-6-9(7-15)10-4-12-13(5-11(10)14)17-8-16-12/h2,4-7H,1,3,8H2. The first-order valence-electron chi connectivity index (χ1n) is 5.32. The van der Waals surface area contributed by atoms with Crippen LogP contribution in [-0.2, 0) is 6.54 Å². The number of aldehydes is 1. The number of hydrogen-bond acceptors (Lipinski definition) is 3. The summed E-state index contributed by atoms with van der Waals surface area (Å²) >= 11 is 0. The largest absolute Gasteiger partial charge is 0.454 e. The van der Waals surface area contributed by atoms with Crippen LogP contribution in [0.25, 0.3) is 10.9 Å². The van der Waals surface area contributed by atoms with Crippen molar-refractivity contribution in [1.29, 1.82) is 0 Å². The Labute approximate surface area is 98.1 Å². The van der Waals surface area contributed by atoms with Crippen molar-refractivity contribution in [2.75, 3.05) is 6.79 Å². The average molecular weight is 229 g/mol. The fourth-order valence-electron chi connectivity index (χ4n) is 2.09. The second kappa shape index (κ2) is 3.66. The molecule has 0 bridgehead atoms. The Morgan fingerprint density at radius 3 is 2.82 bits per heavy atom. The predicted molar refractivity (Wildman–Crippen MR) is 63.6 cm³/mol. The van der Waals surface area contributed by atoms with Gasteiger partial charge in [0, 0.05) is 29.8 Å². The zero-order chi connectivity index (χ0) is 11.8. The first-order valence-corrected chi connectivity index (χ1v) is 5.32. The predicted octanol–water partition coefficient (Wildman–Crippen LogP) is 2.37. The van der Waals surface area contributed by atoms with E-state index < -0.39 is 0 Å². The van der Waals surface area contributed by atoms with Crippen LogP contribution < -0.4 is 9.47 Å². The van der Waals surface area contributed by atoms with E-state index in [-0.39, 0.29) is 6.79 Å². The third kappa shape index (κ3) is 1.41. The van der Waals surface area contributed by atoms with Gasteiger partial charge in [-0.1, -0.05) is 6.08 Å². The molecule has 0 spiro atoms. The van der Waals surface area contributed by atoms with E-state index in [2.05, 4.69) is 6.58 Å². The van der Waals surface area contributed by atoms with Crippen LogP contribution in [0, 0.1) is 0 Å². The van der Waals surface area contributed by atoms with Crippen molar-refractivity contribution in [2.45, 2.75) is 6.54 Å². The smallest absolute Gasteiger partial charge is 0.231 e. The molecule has 0 aliphatic carbocycles. The normalized spacial score (nSPS) is 12.9. The molecule has 0 amide bonds. The van der Waals surface area contributed by atoms with Gasteiger partial charge in [0.1, 0.15) is 0 Å². The molecule has 0 saturated heterocycles. The molecule has 4 heteroatoms. The summed E-state index contributed by atoms with van der Waals surface area (Å²) < 4.78 is 12.6. The summed E-state index contributed by atoms with van der Waals surface area (Å²) in [6.45, 7) is 4.60. The highest BCUT2D eigenvalue weighted by molar-refractivity contribution is 5.99. The Morgan fingerprint density at radius 1 is 1.35 bits per heavy atom. The number of carbonyl (C=O) groups excluding carboxylic acids is 1. The van der Waals surface area contributed by atoms with E-state index in [9.17, 15) is 4.79 Å². The van der Waals surface area contributed by atoms with E-state index in [0.29, 0.717) is 17.9 Å². The number of fused-ring (bicyclic) bond motifs is 2. The molecule has 1 aliphatic rings. The third-order valence-corrected chi connectivity index (χ3v) is 2.86. The number of carbonyl (C=O) groups is 1. The van der Waals surface area contributed by atoms with Gasteiger partial charge in [-0.15, -0.1) is 6.58 Å². The molecule has 1 aromatic carbocycles. The highest BCUT2D eigenvalue weighted by atomic mass is 16.7. The zero-order valence-electron chi connectivity index (χ0n) is 9.18. The number of hydrogen-bond donors (Lipinski definition) is 0. The molecule has 4 nitrogen and oxygen atoms in total. The second-order valence-corrected chi connectivity index (χ2v) is 3.87. The topological polar surface area (TPSA) is 40.5 Å². The van der Waals surface area contributed by atoms with Crippen molar-refractivity contribution in [3.05, 3.63) is 36.5 Å². The summed E-state index contributed by atoms with van der Waals surface area (Å²) in [6, 6.07) is 3.75. The van der Waals surface area contributed by atoms with Crippen LogP contribution in [0.4, 0.5) is 0 Å². The van der Waals surface area contributed by atoms with Gasteiger partial charge in [0.05, 0.1) is 5.52 Å². The second-order valence-electron chi connectivity index (χ2n) is 3.87. The molecule has 86 valence electrons. The lowest BCUT2D eigenvalue weighted by molar-refractivity contribution is 0.112. The Morgan fingerprint density at radius 2 is 2.12 bits per heavy atom. The quantitative estimate of drug-likeness (QED) is 0.599. The van der Waals surface area contributed by atoms with E-state index >= 15 is 0 Å². The number of rotatable bonds is 3. The molecule has 0 radical (unpaired) electrons. The number of allylic oxidation sites excluding steroid dienone is 1. The Balaban J connectivity index is 2.30. The maximum atomic E-state index is 11.0. The molecule has 0 unspecified atom stereocenters. The summed E-state index contributed by atoms with van der Waals surface area (Å²) in [4.78, 5) is 11.0. The van der Waals surface area contributed by atoms with Gasteiger partial charge in [0.2, 0.25) is 6.79 Å². The summed E-state index contributed by atoms with van der Waals surface area (Å²) in [5, 5.41) is 0.881. The average Bonchev–Trinajstić information content (AvgIpc) is 2.91. The van der Waals surface area contributed by atoms with Gasteiger partial charge in [-0.25, -0.2) is 0 Å². The molecule has 1 aromatic heterocycles. The van der Waals surface area contributed by atoms with Crippen LogP contribution in [0.5, 0.6) is 11.5 Å². The summed E-state index contributed by atoms with van der Waals surface area (Å²) in [7, 11) is 0. The minimum absolute atomic E-state index is 0.236. The third-order valence-electron chi connectivity index (χ3n) is 2.86. The monoisotopic (exact) mass is 229 g/mol. The minimum Gasteiger partial charge on any atom is -0.454 e. The lowest BCUT2D eigenvalue weighted by atomic mass is 10.2. The fourth-order valence-corrected chi connectivity index (χ4v) is 2.09.